The van der Waals surface area contributed by atoms with Crippen LogP contribution in [-0.4, -0.2) is 41.8 Å². The van der Waals surface area contributed by atoms with Gasteiger partial charge in [-0.15, -0.1) is 0 Å². The van der Waals surface area contributed by atoms with Crippen molar-refractivity contribution in [1.82, 2.24) is 0 Å². The number of carbonyl (C=O) groups is 3. The molecule has 1 aliphatic rings. The second kappa shape index (κ2) is 14.7. The van der Waals surface area contributed by atoms with E-state index >= 15 is 0 Å². The first-order valence-electron chi connectivity index (χ1n) is 11.7. The SMILES string of the molecule is C=C(CCCC(C)=O)C1C(OC(C)=O)OC=C(C(O)CC=C(C)C)C1CC(=O)OCCCC. The molecule has 1 heterocycles. The molecule has 0 aromatic carbocycles. The summed E-state index contributed by atoms with van der Waals surface area (Å²) >= 11 is 0. The molecule has 4 atom stereocenters. The van der Waals surface area contributed by atoms with E-state index in [-0.39, 0.29) is 12.2 Å². The first-order valence-corrected chi connectivity index (χ1v) is 11.7. The van der Waals surface area contributed by atoms with Crippen molar-refractivity contribution < 1.29 is 33.7 Å². The molecule has 7 nitrogen and oxygen atoms in total. The van der Waals surface area contributed by atoms with Gasteiger partial charge < -0.3 is 24.1 Å². The van der Waals surface area contributed by atoms with Crippen molar-refractivity contribution in [1.29, 1.82) is 0 Å². The first kappa shape index (κ1) is 28.6. The number of hydrogen-bond donors (Lipinski definition) is 1. The number of allylic oxidation sites excluding steroid dienone is 1. The zero-order chi connectivity index (χ0) is 25.0. The van der Waals surface area contributed by atoms with Gasteiger partial charge in [-0.25, -0.2) is 0 Å². The van der Waals surface area contributed by atoms with Crippen LogP contribution in [0.25, 0.3) is 0 Å². The average molecular weight is 465 g/mol. The molecular formula is C26H40O7. The van der Waals surface area contributed by atoms with E-state index in [1.165, 1.54) is 20.1 Å². The molecule has 186 valence electrons. The minimum atomic E-state index is -0.972. The lowest BCUT2D eigenvalue weighted by Gasteiger charge is -2.39. The molecule has 0 radical (unpaired) electrons. The number of aliphatic hydroxyl groups excluding tert-OH is 1. The standard InChI is InChI=1S/C26H40O7/c1-7-8-14-31-24(30)15-21-22(23(29)13-12-17(2)3)16-32-26(33-20(6)28)25(21)18(4)10-9-11-19(5)27/h12,16,21,23,25-26,29H,4,7-11,13-15H2,1-3,5-6H3. The van der Waals surface area contributed by atoms with Crippen LogP contribution in [0.15, 0.2) is 35.6 Å². The van der Waals surface area contributed by atoms with E-state index in [1.54, 1.807) is 0 Å². The van der Waals surface area contributed by atoms with Crippen LogP contribution in [0.1, 0.15) is 79.6 Å². The molecule has 0 spiro atoms. The number of aliphatic hydroxyl groups is 1. The lowest BCUT2D eigenvalue weighted by molar-refractivity contribution is -0.181. The van der Waals surface area contributed by atoms with Crippen LogP contribution in [0.2, 0.25) is 0 Å². The summed E-state index contributed by atoms with van der Waals surface area (Å²) in [6, 6.07) is 0. The zero-order valence-electron chi connectivity index (χ0n) is 20.7. The number of hydrogen-bond acceptors (Lipinski definition) is 7. The van der Waals surface area contributed by atoms with E-state index in [0.29, 0.717) is 43.4 Å². The summed E-state index contributed by atoms with van der Waals surface area (Å²) in [7, 11) is 0. The molecule has 33 heavy (non-hydrogen) atoms. The van der Waals surface area contributed by atoms with Crippen molar-refractivity contribution >= 4 is 17.7 Å². The monoisotopic (exact) mass is 464 g/mol. The van der Waals surface area contributed by atoms with E-state index in [4.69, 9.17) is 14.2 Å². The van der Waals surface area contributed by atoms with Crippen LogP contribution in [0, 0.1) is 11.8 Å². The van der Waals surface area contributed by atoms with Gasteiger partial charge in [0.1, 0.15) is 5.78 Å². The molecule has 0 fully saturated rings. The molecule has 4 unspecified atom stereocenters. The molecule has 0 saturated carbocycles. The lowest BCUT2D eigenvalue weighted by Crippen LogP contribution is -2.41. The molecule has 1 aliphatic heterocycles. The third kappa shape index (κ3) is 10.4. The molecule has 0 saturated heterocycles. The number of ether oxygens (including phenoxy) is 3. The highest BCUT2D eigenvalue weighted by Gasteiger charge is 2.43. The quantitative estimate of drug-likeness (QED) is 0.224. The maximum atomic E-state index is 12.7. The van der Waals surface area contributed by atoms with E-state index < -0.39 is 36.2 Å². The Morgan fingerprint density at radius 3 is 2.45 bits per heavy atom. The highest BCUT2D eigenvalue weighted by atomic mass is 16.7. The van der Waals surface area contributed by atoms with Gasteiger partial charge in [-0.2, -0.15) is 0 Å². The normalized spacial score (nSPS) is 20.7. The molecule has 0 bridgehead atoms. The Morgan fingerprint density at radius 2 is 1.88 bits per heavy atom. The van der Waals surface area contributed by atoms with Crippen LogP contribution < -0.4 is 0 Å². The summed E-state index contributed by atoms with van der Waals surface area (Å²) < 4.78 is 16.5. The van der Waals surface area contributed by atoms with Crippen LogP contribution in [0.3, 0.4) is 0 Å². The molecule has 1 rings (SSSR count). The minimum absolute atomic E-state index is 0.00104. The number of ketones is 1. The predicted octanol–water partition coefficient (Wildman–Crippen LogP) is 4.79. The van der Waals surface area contributed by atoms with Crippen molar-refractivity contribution in [2.45, 2.75) is 92.0 Å². The summed E-state index contributed by atoms with van der Waals surface area (Å²) in [6.45, 7) is 13.2. The fraction of sp³-hybridized carbons (Fsp3) is 0.654. The van der Waals surface area contributed by atoms with Gasteiger partial charge in [-0.3, -0.25) is 9.59 Å². The summed E-state index contributed by atoms with van der Waals surface area (Å²) in [5.41, 5.74) is 2.31. The fourth-order valence-corrected chi connectivity index (χ4v) is 3.81. The Labute approximate surface area is 197 Å². The molecule has 0 aliphatic carbocycles. The summed E-state index contributed by atoms with van der Waals surface area (Å²) in [4.78, 5) is 35.8. The maximum Gasteiger partial charge on any atom is 0.306 e. The number of carbonyl (C=O) groups excluding carboxylic acids is 3. The van der Waals surface area contributed by atoms with Crippen LogP contribution in [0.4, 0.5) is 0 Å². The maximum absolute atomic E-state index is 12.7. The van der Waals surface area contributed by atoms with Gasteiger partial charge in [0.05, 0.1) is 31.3 Å². The van der Waals surface area contributed by atoms with Crippen molar-refractivity contribution in [3.63, 3.8) is 0 Å². The first-order chi connectivity index (χ1) is 15.6. The topological polar surface area (TPSA) is 99.1 Å². The molecule has 7 heteroatoms. The van der Waals surface area contributed by atoms with Gasteiger partial charge in [0.2, 0.25) is 6.29 Å². The third-order valence-corrected chi connectivity index (χ3v) is 5.56. The Kier molecular flexibility index (Phi) is 12.7. The smallest absolute Gasteiger partial charge is 0.306 e. The van der Waals surface area contributed by atoms with E-state index in [2.05, 4.69) is 6.58 Å². The van der Waals surface area contributed by atoms with Crippen LogP contribution in [-0.2, 0) is 28.6 Å². The Bertz CT molecular complexity index is 746. The van der Waals surface area contributed by atoms with E-state index in [9.17, 15) is 19.5 Å². The second-order valence-electron chi connectivity index (χ2n) is 8.89. The average Bonchev–Trinajstić information content (AvgIpc) is 2.71. The molecule has 0 aromatic heterocycles. The number of rotatable bonds is 14. The Balaban J connectivity index is 3.24. The van der Waals surface area contributed by atoms with Crippen molar-refractivity contribution in [3.8, 4) is 0 Å². The van der Waals surface area contributed by atoms with Gasteiger partial charge in [-0.05, 0) is 52.0 Å². The van der Waals surface area contributed by atoms with E-state index in [1.807, 2.05) is 26.8 Å². The van der Waals surface area contributed by atoms with Gasteiger partial charge in [0.15, 0.2) is 0 Å². The summed E-state index contributed by atoms with van der Waals surface area (Å²) in [5.74, 6) is -1.90. The van der Waals surface area contributed by atoms with Gasteiger partial charge in [0, 0.05) is 19.3 Å². The number of esters is 2. The largest absolute Gasteiger partial charge is 0.466 e. The van der Waals surface area contributed by atoms with Gasteiger partial charge >= 0.3 is 11.9 Å². The van der Waals surface area contributed by atoms with Gasteiger partial charge in [0.25, 0.3) is 0 Å². The highest BCUT2D eigenvalue weighted by Crippen LogP contribution is 2.41. The summed E-state index contributed by atoms with van der Waals surface area (Å²) in [6.07, 6.45) is 5.00. The minimum Gasteiger partial charge on any atom is -0.466 e. The molecule has 0 amide bonds. The molecular weight excluding hydrogens is 424 g/mol. The van der Waals surface area contributed by atoms with Crippen LogP contribution >= 0.6 is 0 Å². The zero-order valence-corrected chi connectivity index (χ0v) is 20.7. The van der Waals surface area contributed by atoms with E-state index in [0.717, 1.165) is 18.4 Å². The predicted molar refractivity (Wildman–Crippen MR) is 126 cm³/mol. The van der Waals surface area contributed by atoms with Crippen LogP contribution in [0.5, 0.6) is 0 Å². The Hall–Kier alpha value is -2.41. The Morgan fingerprint density at radius 1 is 1.18 bits per heavy atom. The van der Waals surface area contributed by atoms with Crippen molar-refractivity contribution in [2.75, 3.05) is 6.61 Å². The second-order valence-corrected chi connectivity index (χ2v) is 8.89. The number of Topliss-reactive ketones (excluding diaryl/α,β-unsaturated/α-hetero) is 1. The van der Waals surface area contributed by atoms with Gasteiger partial charge in [-0.1, -0.05) is 37.1 Å². The molecule has 0 aromatic rings. The fourth-order valence-electron chi connectivity index (χ4n) is 3.81. The van der Waals surface area contributed by atoms with Crippen molar-refractivity contribution in [2.24, 2.45) is 11.8 Å². The molecule has 1 N–H and O–H groups in total. The summed E-state index contributed by atoms with van der Waals surface area (Å²) in [5, 5.41) is 10.9. The third-order valence-electron chi connectivity index (χ3n) is 5.56. The highest BCUT2D eigenvalue weighted by molar-refractivity contribution is 5.75. The van der Waals surface area contributed by atoms with Crippen molar-refractivity contribution in [3.05, 3.63) is 35.6 Å². The number of unbranched alkanes of at least 4 members (excludes halogenated alkanes) is 1. The lowest BCUT2D eigenvalue weighted by atomic mass is 9.74.